The predicted octanol–water partition coefficient (Wildman–Crippen LogP) is 2.44. The van der Waals surface area contributed by atoms with Gasteiger partial charge in [-0.2, -0.15) is 5.26 Å². The van der Waals surface area contributed by atoms with Crippen LogP contribution < -0.4 is 0 Å². The maximum absolute atomic E-state index is 12.4. The van der Waals surface area contributed by atoms with Gasteiger partial charge in [0.25, 0.3) is 0 Å². The average Bonchev–Trinajstić information content (AvgIpc) is 2.41. The van der Waals surface area contributed by atoms with E-state index in [0.717, 1.165) is 5.56 Å². The summed E-state index contributed by atoms with van der Waals surface area (Å²) in [6, 6.07) is 11.1. The van der Waals surface area contributed by atoms with Crippen LogP contribution in [-0.4, -0.2) is 14.4 Å². The molecular weight excluding hydrogens is 262 g/mol. The number of phenolic OH excluding ortho intramolecular Hbond substituents is 2. The molecule has 0 aliphatic rings. The first-order valence-corrected chi connectivity index (χ1v) is 6.63. The summed E-state index contributed by atoms with van der Waals surface area (Å²) in [7, 11) is -1.72. The molecular formula is C14H11NO3S. The minimum Gasteiger partial charge on any atom is -0.507 e. The summed E-state index contributed by atoms with van der Waals surface area (Å²) >= 11 is 0. The van der Waals surface area contributed by atoms with Crippen molar-refractivity contribution in [1.29, 1.82) is 5.26 Å². The van der Waals surface area contributed by atoms with Gasteiger partial charge in [0, 0.05) is 4.90 Å². The van der Waals surface area contributed by atoms with Gasteiger partial charge in [0.2, 0.25) is 0 Å². The van der Waals surface area contributed by atoms with Crippen LogP contribution in [0.5, 0.6) is 11.5 Å². The van der Waals surface area contributed by atoms with Gasteiger partial charge < -0.3 is 10.2 Å². The third-order valence-electron chi connectivity index (χ3n) is 2.65. The maximum Gasteiger partial charge on any atom is 0.134 e. The summed E-state index contributed by atoms with van der Waals surface area (Å²) in [5.41, 5.74) is 0.847. The third-order valence-corrected chi connectivity index (χ3v) is 4.13. The molecule has 2 aromatic carbocycles. The highest BCUT2D eigenvalue weighted by Gasteiger charge is 2.19. The van der Waals surface area contributed by atoms with Crippen LogP contribution in [0.3, 0.4) is 0 Å². The molecule has 0 unspecified atom stereocenters. The second-order valence-corrected chi connectivity index (χ2v) is 5.42. The molecule has 2 N–H and O–H groups in total. The smallest absolute Gasteiger partial charge is 0.134 e. The lowest BCUT2D eigenvalue weighted by atomic mass is 10.2. The fourth-order valence-electron chi connectivity index (χ4n) is 1.64. The molecule has 0 heterocycles. The highest BCUT2D eigenvalue weighted by Crippen LogP contribution is 2.33. The van der Waals surface area contributed by atoms with Crippen LogP contribution in [0.4, 0.5) is 0 Å². The van der Waals surface area contributed by atoms with Crippen LogP contribution in [0.1, 0.15) is 11.1 Å². The molecule has 5 heteroatoms. The fraction of sp³-hybridized carbons (Fsp3) is 0.0714. The molecule has 0 saturated carbocycles. The molecule has 2 rings (SSSR count). The molecule has 0 aliphatic carbocycles. The normalized spacial score (nSPS) is 11.8. The summed E-state index contributed by atoms with van der Waals surface area (Å²) in [6.07, 6.45) is 0. The first kappa shape index (κ1) is 13.1. The number of benzene rings is 2. The second-order valence-electron chi connectivity index (χ2n) is 4.00. The lowest BCUT2D eigenvalue weighted by Gasteiger charge is -2.08. The van der Waals surface area contributed by atoms with Crippen LogP contribution in [0.15, 0.2) is 46.2 Å². The molecule has 0 saturated heterocycles. The SMILES string of the molecule is Cc1ccc([S@](=O)c2c(O)ccc(O)c2C#N)cc1. The minimum atomic E-state index is -1.72. The van der Waals surface area contributed by atoms with Crippen LogP contribution >= 0.6 is 0 Å². The Morgan fingerprint density at radius 2 is 1.63 bits per heavy atom. The monoisotopic (exact) mass is 273 g/mol. The van der Waals surface area contributed by atoms with Crippen molar-refractivity contribution in [3.05, 3.63) is 47.5 Å². The molecule has 0 aliphatic heterocycles. The van der Waals surface area contributed by atoms with Crippen molar-refractivity contribution in [3.8, 4) is 17.6 Å². The molecule has 0 spiro atoms. The van der Waals surface area contributed by atoms with Gasteiger partial charge in [-0.15, -0.1) is 0 Å². The first-order valence-electron chi connectivity index (χ1n) is 5.48. The highest BCUT2D eigenvalue weighted by molar-refractivity contribution is 7.85. The standard InChI is InChI=1S/C14H11NO3S/c1-9-2-4-10(5-3-9)19(18)14-11(8-15)12(16)6-7-13(14)17/h2-7,16-17H,1H3/t19-/m0/s1. The summed E-state index contributed by atoms with van der Waals surface area (Å²) in [6.45, 7) is 1.90. The van der Waals surface area contributed by atoms with E-state index in [9.17, 15) is 14.4 Å². The van der Waals surface area contributed by atoms with Gasteiger partial charge >= 0.3 is 0 Å². The lowest BCUT2D eigenvalue weighted by Crippen LogP contribution is -1.97. The zero-order chi connectivity index (χ0) is 14.0. The Hall–Kier alpha value is -2.32. The molecule has 0 radical (unpaired) electrons. The molecule has 96 valence electrons. The topological polar surface area (TPSA) is 81.3 Å². The maximum atomic E-state index is 12.4. The average molecular weight is 273 g/mol. The number of hydrogen-bond donors (Lipinski definition) is 2. The van der Waals surface area contributed by atoms with Crippen LogP contribution in [0, 0.1) is 18.3 Å². The van der Waals surface area contributed by atoms with E-state index in [1.165, 1.54) is 12.1 Å². The Morgan fingerprint density at radius 3 is 2.21 bits per heavy atom. The number of hydrogen-bond acceptors (Lipinski definition) is 4. The Kier molecular flexibility index (Phi) is 3.54. The zero-order valence-corrected chi connectivity index (χ0v) is 10.9. The van der Waals surface area contributed by atoms with Crippen molar-refractivity contribution in [2.75, 3.05) is 0 Å². The van der Waals surface area contributed by atoms with Crippen LogP contribution in [-0.2, 0) is 10.8 Å². The zero-order valence-electron chi connectivity index (χ0n) is 10.1. The minimum absolute atomic E-state index is 0.0636. The van der Waals surface area contributed by atoms with Crippen molar-refractivity contribution >= 4 is 10.8 Å². The second kappa shape index (κ2) is 5.12. The first-order chi connectivity index (χ1) is 9.04. The van der Waals surface area contributed by atoms with Gasteiger partial charge in [0.15, 0.2) is 0 Å². The van der Waals surface area contributed by atoms with Crippen molar-refractivity contribution in [1.82, 2.24) is 0 Å². The fourth-order valence-corrected chi connectivity index (χ4v) is 2.85. The van der Waals surface area contributed by atoms with Gasteiger partial charge in [-0.1, -0.05) is 17.7 Å². The third kappa shape index (κ3) is 2.44. The van der Waals surface area contributed by atoms with Gasteiger partial charge in [-0.25, -0.2) is 4.21 Å². The van der Waals surface area contributed by atoms with Crippen molar-refractivity contribution in [2.45, 2.75) is 16.7 Å². The molecule has 2 aromatic rings. The van der Waals surface area contributed by atoms with E-state index < -0.39 is 10.8 Å². The van der Waals surface area contributed by atoms with Gasteiger partial charge in [-0.3, -0.25) is 0 Å². The van der Waals surface area contributed by atoms with Crippen molar-refractivity contribution in [3.63, 3.8) is 0 Å². The van der Waals surface area contributed by atoms with Crippen molar-refractivity contribution in [2.24, 2.45) is 0 Å². The van der Waals surface area contributed by atoms with E-state index in [4.69, 9.17) is 5.26 Å². The summed E-state index contributed by atoms with van der Waals surface area (Å²) in [4.78, 5) is 0.398. The number of nitriles is 1. The summed E-state index contributed by atoms with van der Waals surface area (Å²) in [5.74, 6) is -0.566. The highest BCUT2D eigenvalue weighted by atomic mass is 32.2. The van der Waals surface area contributed by atoms with Crippen LogP contribution in [0.25, 0.3) is 0 Å². The molecule has 0 amide bonds. The Labute approximate surface area is 113 Å². The summed E-state index contributed by atoms with van der Waals surface area (Å²) in [5, 5.41) is 28.4. The number of aryl methyl sites for hydroxylation is 1. The quantitative estimate of drug-likeness (QED) is 0.823. The molecule has 0 bridgehead atoms. The number of rotatable bonds is 2. The predicted molar refractivity (Wildman–Crippen MR) is 70.3 cm³/mol. The summed E-state index contributed by atoms with van der Waals surface area (Å²) < 4.78 is 12.4. The lowest BCUT2D eigenvalue weighted by molar-refractivity contribution is 0.446. The Balaban J connectivity index is 2.59. The van der Waals surface area contributed by atoms with E-state index in [1.54, 1.807) is 30.3 Å². The van der Waals surface area contributed by atoms with E-state index in [0.29, 0.717) is 4.90 Å². The molecule has 0 fully saturated rings. The number of nitrogens with zero attached hydrogens (tertiary/aromatic N) is 1. The van der Waals surface area contributed by atoms with Gasteiger partial charge in [0.05, 0.1) is 10.8 Å². The van der Waals surface area contributed by atoms with Gasteiger partial charge in [-0.05, 0) is 31.2 Å². The molecule has 0 aromatic heterocycles. The van der Waals surface area contributed by atoms with E-state index >= 15 is 0 Å². The van der Waals surface area contributed by atoms with Crippen molar-refractivity contribution < 1.29 is 14.4 Å². The Morgan fingerprint density at radius 1 is 1.05 bits per heavy atom. The van der Waals surface area contributed by atoms with E-state index in [2.05, 4.69) is 0 Å². The number of aromatic hydroxyl groups is 2. The van der Waals surface area contributed by atoms with Gasteiger partial charge in [0.1, 0.15) is 28.0 Å². The van der Waals surface area contributed by atoms with E-state index in [-0.39, 0.29) is 22.0 Å². The van der Waals surface area contributed by atoms with E-state index in [1.807, 2.05) is 6.92 Å². The number of phenols is 2. The molecule has 19 heavy (non-hydrogen) atoms. The molecule has 4 nitrogen and oxygen atoms in total. The van der Waals surface area contributed by atoms with Crippen LogP contribution in [0.2, 0.25) is 0 Å². The molecule has 1 atom stereocenters. The Bertz CT molecular complexity index is 687. The largest absolute Gasteiger partial charge is 0.507 e.